The fraction of sp³-hybridized carbons (Fsp3) is 0.667. The molecule has 10 heteroatoms. The van der Waals surface area contributed by atoms with Crippen LogP contribution < -0.4 is 5.32 Å². The quantitative estimate of drug-likeness (QED) is 0.370. The highest BCUT2D eigenvalue weighted by Gasteiger charge is 2.67. The molecule has 0 radical (unpaired) electrons. The summed E-state index contributed by atoms with van der Waals surface area (Å²) in [6.45, 7) is 5.30. The summed E-state index contributed by atoms with van der Waals surface area (Å²) in [6, 6.07) is -1.68. The van der Waals surface area contributed by atoms with Gasteiger partial charge < -0.3 is 15.2 Å². The largest absolute Gasteiger partial charge is 0.460 e. The standard InChI is InChI=1S/C21H25F3N2O5/c1-11-3-5-15-12(2)20(30,21(22,23)24)8-7-19(15)14(11)6-4-13-16(9-31-17(13)28)26(10-27)18(29)25-19/h4,10,12,14-16,30H,1,3,5-9H2,2H3,(H,25,29)/b13-4+/t12-,14-,15-,16?,19-,20+/m1/s1. The van der Waals surface area contributed by atoms with Gasteiger partial charge in [-0.05, 0) is 43.9 Å². The Bertz CT molecular complexity index is 872. The first-order valence-corrected chi connectivity index (χ1v) is 10.4. The van der Waals surface area contributed by atoms with Crippen molar-refractivity contribution in [2.75, 3.05) is 6.61 Å². The SMILES string of the molecule is C=C1CC[C@@H]2[C@@H](C)[C@](O)(C(F)(F)F)CC[C@]23NC(=O)N(C=O)C2COC(=O)/C2=C/C[C@H]13. The van der Waals surface area contributed by atoms with Gasteiger partial charge in [0.1, 0.15) is 12.6 Å². The molecule has 6 atom stereocenters. The second-order valence-electron chi connectivity index (χ2n) is 9.06. The summed E-state index contributed by atoms with van der Waals surface area (Å²) < 4.78 is 46.3. The van der Waals surface area contributed by atoms with E-state index >= 15 is 0 Å². The molecule has 1 spiro atoms. The van der Waals surface area contributed by atoms with E-state index in [0.29, 0.717) is 19.3 Å². The second kappa shape index (κ2) is 7.08. The van der Waals surface area contributed by atoms with Crippen molar-refractivity contribution in [3.63, 3.8) is 0 Å². The smallest absolute Gasteiger partial charge is 0.417 e. The lowest BCUT2D eigenvalue weighted by Crippen LogP contribution is -2.71. The number of aliphatic hydroxyl groups is 1. The fourth-order valence-corrected chi connectivity index (χ4v) is 6.11. The van der Waals surface area contributed by atoms with Crippen LogP contribution in [0, 0.1) is 17.8 Å². The summed E-state index contributed by atoms with van der Waals surface area (Å²) >= 11 is 0. The van der Waals surface area contributed by atoms with Crippen LogP contribution in [0.25, 0.3) is 0 Å². The van der Waals surface area contributed by atoms with Crippen LogP contribution in [0.5, 0.6) is 0 Å². The van der Waals surface area contributed by atoms with Crippen molar-refractivity contribution in [3.05, 3.63) is 23.8 Å². The van der Waals surface area contributed by atoms with Crippen molar-refractivity contribution in [2.45, 2.75) is 62.4 Å². The number of imide groups is 1. The molecule has 31 heavy (non-hydrogen) atoms. The topological polar surface area (TPSA) is 95.9 Å². The van der Waals surface area contributed by atoms with Crippen LogP contribution in [0.3, 0.4) is 0 Å². The molecule has 2 heterocycles. The van der Waals surface area contributed by atoms with Crippen LogP contribution in [-0.4, -0.2) is 58.4 Å². The van der Waals surface area contributed by atoms with E-state index < -0.39 is 59.5 Å². The zero-order chi connectivity index (χ0) is 22.8. The molecule has 0 aromatic heterocycles. The maximum atomic E-state index is 13.8. The predicted molar refractivity (Wildman–Crippen MR) is 101 cm³/mol. The zero-order valence-corrected chi connectivity index (χ0v) is 17.1. The lowest BCUT2D eigenvalue weighted by Gasteiger charge is -2.59. The Balaban J connectivity index is 1.81. The minimum absolute atomic E-state index is 0.127. The molecule has 0 aromatic carbocycles. The number of urea groups is 1. The molecular weight excluding hydrogens is 417 g/mol. The number of nitrogens with zero attached hydrogens (tertiary/aromatic N) is 1. The van der Waals surface area contributed by atoms with E-state index in [1.165, 1.54) is 6.92 Å². The number of nitrogens with one attached hydrogen (secondary N) is 1. The van der Waals surface area contributed by atoms with Gasteiger partial charge >= 0.3 is 18.2 Å². The summed E-state index contributed by atoms with van der Waals surface area (Å²) in [7, 11) is 0. The number of halogens is 3. The lowest BCUT2D eigenvalue weighted by molar-refractivity contribution is -0.301. The van der Waals surface area contributed by atoms with Crippen LogP contribution in [0.4, 0.5) is 18.0 Å². The van der Waals surface area contributed by atoms with E-state index in [0.717, 1.165) is 10.5 Å². The maximum absolute atomic E-state index is 13.8. The van der Waals surface area contributed by atoms with Gasteiger partial charge in [-0.25, -0.2) is 9.59 Å². The Morgan fingerprint density at radius 3 is 2.71 bits per heavy atom. The highest BCUT2D eigenvalue weighted by atomic mass is 19.4. The second-order valence-corrected chi connectivity index (χ2v) is 9.06. The third-order valence-corrected chi connectivity index (χ3v) is 7.88. The predicted octanol–water partition coefficient (Wildman–Crippen LogP) is 2.45. The van der Waals surface area contributed by atoms with Gasteiger partial charge in [-0.2, -0.15) is 13.2 Å². The fourth-order valence-electron chi connectivity index (χ4n) is 6.11. The lowest BCUT2D eigenvalue weighted by atomic mass is 9.51. The number of esters is 1. The third kappa shape index (κ3) is 3.01. The molecule has 170 valence electrons. The molecule has 1 saturated heterocycles. The number of allylic oxidation sites excluding steroid dienone is 1. The Morgan fingerprint density at radius 2 is 2.06 bits per heavy atom. The van der Waals surface area contributed by atoms with Gasteiger partial charge in [-0.3, -0.25) is 9.69 Å². The molecule has 7 nitrogen and oxygen atoms in total. The summed E-state index contributed by atoms with van der Waals surface area (Å²) in [4.78, 5) is 37.9. The van der Waals surface area contributed by atoms with Gasteiger partial charge in [0.2, 0.25) is 6.41 Å². The number of carbonyl (C=O) groups is 3. The Labute approximate surface area is 177 Å². The van der Waals surface area contributed by atoms with Crippen LogP contribution in [0.2, 0.25) is 0 Å². The van der Waals surface area contributed by atoms with Gasteiger partial charge in [0, 0.05) is 5.92 Å². The van der Waals surface area contributed by atoms with E-state index in [4.69, 9.17) is 4.74 Å². The maximum Gasteiger partial charge on any atom is 0.417 e. The Kier molecular flexibility index (Phi) is 4.99. The van der Waals surface area contributed by atoms with E-state index in [2.05, 4.69) is 11.9 Å². The van der Waals surface area contributed by atoms with Crippen LogP contribution in [-0.2, 0) is 14.3 Å². The number of cyclic esters (lactones) is 1. The summed E-state index contributed by atoms with van der Waals surface area (Å²) in [5.41, 5.74) is -3.03. The average Bonchev–Trinajstić information content (AvgIpc) is 3.06. The first-order chi connectivity index (χ1) is 14.5. The molecule has 0 aromatic rings. The Hall–Kier alpha value is -2.36. The van der Waals surface area contributed by atoms with Crippen molar-refractivity contribution in [1.82, 2.24) is 10.2 Å². The first kappa shape index (κ1) is 21.9. The molecule has 4 rings (SSSR count). The van der Waals surface area contributed by atoms with Gasteiger partial charge in [0.15, 0.2) is 5.60 Å². The Morgan fingerprint density at radius 1 is 1.35 bits per heavy atom. The monoisotopic (exact) mass is 442 g/mol. The number of amides is 3. The van der Waals surface area contributed by atoms with E-state index in [-0.39, 0.29) is 25.0 Å². The molecule has 1 unspecified atom stereocenters. The minimum Gasteiger partial charge on any atom is -0.460 e. The molecule has 2 N–H and O–H groups in total. The molecule has 3 fully saturated rings. The highest BCUT2D eigenvalue weighted by Crippen LogP contribution is 2.58. The van der Waals surface area contributed by atoms with Gasteiger partial charge in [0.25, 0.3) is 0 Å². The molecule has 0 bridgehead atoms. The summed E-state index contributed by atoms with van der Waals surface area (Å²) in [5, 5.41) is 13.5. The number of carbonyl (C=O) groups excluding carboxylic acids is 3. The summed E-state index contributed by atoms with van der Waals surface area (Å²) in [6.07, 6.45) is -2.57. The van der Waals surface area contributed by atoms with E-state index in [9.17, 15) is 32.7 Å². The summed E-state index contributed by atoms with van der Waals surface area (Å²) in [5.74, 6) is -2.94. The normalized spacial score (nSPS) is 42.5. The third-order valence-electron chi connectivity index (χ3n) is 7.88. The average molecular weight is 442 g/mol. The zero-order valence-electron chi connectivity index (χ0n) is 17.1. The molecule has 2 aliphatic heterocycles. The van der Waals surface area contributed by atoms with Crippen molar-refractivity contribution in [1.29, 1.82) is 0 Å². The van der Waals surface area contributed by atoms with Crippen molar-refractivity contribution in [2.24, 2.45) is 17.8 Å². The number of rotatable bonds is 1. The van der Waals surface area contributed by atoms with Crippen LogP contribution in [0.15, 0.2) is 23.8 Å². The van der Waals surface area contributed by atoms with Crippen LogP contribution in [0.1, 0.15) is 39.0 Å². The molecule has 2 aliphatic carbocycles. The number of hydrogen-bond donors (Lipinski definition) is 2. The van der Waals surface area contributed by atoms with Gasteiger partial charge in [0.05, 0.1) is 11.1 Å². The van der Waals surface area contributed by atoms with Gasteiger partial charge in [-0.15, -0.1) is 0 Å². The molecule has 4 aliphatic rings. The van der Waals surface area contributed by atoms with Gasteiger partial charge in [-0.1, -0.05) is 25.2 Å². The number of alkyl halides is 3. The van der Waals surface area contributed by atoms with Crippen molar-refractivity contribution < 1.29 is 37.4 Å². The minimum atomic E-state index is -4.81. The van der Waals surface area contributed by atoms with E-state index in [1.54, 1.807) is 6.08 Å². The molecular formula is C21H25F3N2O5. The van der Waals surface area contributed by atoms with E-state index in [1.807, 2.05) is 0 Å². The molecule has 2 saturated carbocycles. The van der Waals surface area contributed by atoms with Crippen LogP contribution >= 0.6 is 0 Å². The van der Waals surface area contributed by atoms with Crippen molar-refractivity contribution >= 4 is 18.4 Å². The highest BCUT2D eigenvalue weighted by molar-refractivity contribution is 5.96. The number of hydrogen-bond acceptors (Lipinski definition) is 5. The number of ether oxygens (including phenoxy) is 1. The van der Waals surface area contributed by atoms with Crippen molar-refractivity contribution in [3.8, 4) is 0 Å². The number of fused-ring (bicyclic) bond motifs is 1. The molecule has 3 amide bonds. The first-order valence-electron chi connectivity index (χ1n) is 10.4.